The van der Waals surface area contributed by atoms with Crippen LogP contribution in [0.1, 0.15) is 23.1 Å². The second kappa shape index (κ2) is 5.44. The minimum Gasteiger partial charge on any atom is -0.380 e. The van der Waals surface area contributed by atoms with Crippen molar-refractivity contribution in [3.63, 3.8) is 0 Å². The highest BCUT2D eigenvalue weighted by Crippen LogP contribution is 2.23. The van der Waals surface area contributed by atoms with E-state index in [1.54, 1.807) is 30.3 Å². The molecule has 0 fully saturated rings. The molecule has 2 aromatic heterocycles. The molecule has 2 heterocycles. The Morgan fingerprint density at radius 3 is 2.56 bits per heavy atom. The van der Waals surface area contributed by atoms with Gasteiger partial charge in [0.2, 0.25) is 0 Å². The maximum absolute atomic E-state index is 10.1. The van der Waals surface area contributed by atoms with Crippen LogP contribution in [0.25, 0.3) is 0 Å². The molecule has 6 heteroatoms. The molecule has 0 aliphatic carbocycles. The fourth-order valence-electron chi connectivity index (χ4n) is 1.41. The minimum atomic E-state index is -0.979. The third kappa shape index (κ3) is 2.67. The number of pyridine rings is 2. The summed E-state index contributed by atoms with van der Waals surface area (Å²) in [6.07, 6.45) is -0.979. The topological polar surface area (TPSA) is 69.8 Å². The molecular formula is C12H7BrClN3O. The van der Waals surface area contributed by atoms with E-state index in [0.717, 1.165) is 0 Å². The first-order valence-corrected chi connectivity index (χ1v) is 6.16. The number of nitriles is 1. The van der Waals surface area contributed by atoms with Crippen LogP contribution in [-0.4, -0.2) is 15.1 Å². The first kappa shape index (κ1) is 13.0. The number of nitrogens with zero attached hydrogens (tertiary/aromatic N) is 3. The Morgan fingerprint density at radius 2 is 1.94 bits per heavy atom. The van der Waals surface area contributed by atoms with Gasteiger partial charge in [0, 0.05) is 0 Å². The highest BCUT2D eigenvalue weighted by atomic mass is 79.9. The average Bonchev–Trinajstić information content (AvgIpc) is 2.37. The number of aromatic nitrogens is 2. The molecule has 18 heavy (non-hydrogen) atoms. The fraction of sp³-hybridized carbons (Fsp3) is 0.0833. The van der Waals surface area contributed by atoms with Crippen molar-refractivity contribution in [2.75, 3.05) is 0 Å². The van der Waals surface area contributed by atoms with Crippen LogP contribution in [0.2, 0.25) is 5.15 Å². The molecule has 2 rings (SSSR count). The minimum absolute atomic E-state index is 0.305. The second-order valence-electron chi connectivity index (χ2n) is 3.47. The number of aliphatic hydroxyl groups is 1. The number of hydrogen-bond acceptors (Lipinski definition) is 4. The molecule has 0 aliphatic rings. The van der Waals surface area contributed by atoms with Crippen LogP contribution in [0.15, 0.2) is 34.9 Å². The van der Waals surface area contributed by atoms with Crippen molar-refractivity contribution < 1.29 is 5.11 Å². The average molecular weight is 325 g/mol. The summed E-state index contributed by atoms with van der Waals surface area (Å²) in [6.45, 7) is 0. The first-order valence-electron chi connectivity index (χ1n) is 4.99. The van der Waals surface area contributed by atoms with Gasteiger partial charge in [-0.3, -0.25) is 0 Å². The van der Waals surface area contributed by atoms with Crippen molar-refractivity contribution in [3.8, 4) is 6.07 Å². The summed E-state index contributed by atoms with van der Waals surface area (Å²) < 4.78 is 0.392. The van der Waals surface area contributed by atoms with Crippen LogP contribution in [0.5, 0.6) is 0 Å². The number of halogens is 2. The van der Waals surface area contributed by atoms with Gasteiger partial charge < -0.3 is 5.11 Å². The van der Waals surface area contributed by atoms with Crippen molar-refractivity contribution in [2.24, 2.45) is 0 Å². The predicted octanol–water partition coefficient (Wildman–Crippen LogP) is 2.85. The number of aliphatic hydroxyl groups excluding tert-OH is 1. The lowest BCUT2D eigenvalue weighted by Crippen LogP contribution is -2.05. The van der Waals surface area contributed by atoms with Crippen LogP contribution in [-0.2, 0) is 0 Å². The maximum atomic E-state index is 10.1. The van der Waals surface area contributed by atoms with Crippen molar-refractivity contribution >= 4 is 27.5 Å². The Balaban J connectivity index is 2.38. The molecule has 0 radical (unpaired) electrons. The Bertz CT molecular complexity index is 627. The van der Waals surface area contributed by atoms with Gasteiger partial charge in [-0.05, 0) is 40.2 Å². The Labute approximate surface area is 117 Å². The lowest BCUT2D eigenvalue weighted by atomic mass is 10.1. The monoisotopic (exact) mass is 323 g/mol. The van der Waals surface area contributed by atoms with Crippen LogP contribution in [0, 0.1) is 11.3 Å². The summed E-state index contributed by atoms with van der Waals surface area (Å²) in [4.78, 5) is 8.13. The normalized spacial score (nSPS) is 11.9. The summed E-state index contributed by atoms with van der Waals surface area (Å²) in [6, 6.07) is 10.1. The van der Waals surface area contributed by atoms with Gasteiger partial charge in [0.15, 0.2) is 0 Å². The zero-order chi connectivity index (χ0) is 13.1. The van der Waals surface area contributed by atoms with Gasteiger partial charge in [0.1, 0.15) is 21.9 Å². The molecule has 0 amide bonds. The van der Waals surface area contributed by atoms with Gasteiger partial charge in [0.25, 0.3) is 0 Å². The van der Waals surface area contributed by atoms with Crippen molar-refractivity contribution in [3.05, 3.63) is 57.0 Å². The van der Waals surface area contributed by atoms with Crippen LogP contribution < -0.4 is 0 Å². The maximum Gasteiger partial charge on any atom is 0.138 e. The quantitative estimate of drug-likeness (QED) is 0.862. The van der Waals surface area contributed by atoms with Crippen molar-refractivity contribution in [2.45, 2.75) is 6.10 Å². The van der Waals surface area contributed by atoms with E-state index < -0.39 is 6.10 Å². The SMILES string of the molecule is N#Cc1ccc(C(O)c2cccc(Cl)n2)nc1Br. The van der Waals surface area contributed by atoms with Gasteiger partial charge in [-0.25, -0.2) is 9.97 Å². The van der Waals surface area contributed by atoms with E-state index in [4.69, 9.17) is 16.9 Å². The molecule has 4 nitrogen and oxygen atoms in total. The third-order valence-corrected chi connectivity index (χ3v) is 3.10. The van der Waals surface area contributed by atoms with Crippen LogP contribution in [0.4, 0.5) is 0 Å². The van der Waals surface area contributed by atoms with E-state index in [9.17, 15) is 5.11 Å². The molecule has 0 spiro atoms. The zero-order valence-corrected chi connectivity index (χ0v) is 11.4. The lowest BCUT2D eigenvalue weighted by Gasteiger charge is -2.10. The van der Waals surface area contributed by atoms with Crippen LogP contribution in [0.3, 0.4) is 0 Å². The van der Waals surface area contributed by atoms with Crippen molar-refractivity contribution in [1.82, 2.24) is 9.97 Å². The summed E-state index contributed by atoms with van der Waals surface area (Å²) in [5.41, 5.74) is 1.22. The third-order valence-electron chi connectivity index (χ3n) is 2.29. The molecule has 0 saturated carbocycles. The Morgan fingerprint density at radius 1 is 1.22 bits per heavy atom. The zero-order valence-electron chi connectivity index (χ0n) is 9.01. The summed E-state index contributed by atoms with van der Waals surface area (Å²) in [5.74, 6) is 0. The highest BCUT2D eigenvalue weighted by molar-refractivity contribution is 9.10. The predicted molar refractivity (Wildman–Crippen MR) is 70.0 cm³/mol. The largest absolute Gasteiger partial charge is 0.380 e. The van der Waals surface area contributed by atoms with Gasteiger partial charge in [-0.2, -0.15) is 5.26 Å². The van der Waals surface area contributed by atoms with E-state index >= 15 is 0 Å². The van der Waals surface area contributed by atoms with E-state index in [2.05, 4.69) is 25.9 Å². The molecule has 1 atom stereocenters. The Kier molecular flexibility index (Phi) is 3.92. The molecule has 0 aromatic carbocycles. The van der Waals surface area contributed by atoms with Crippen LogP contribution >= 0.6 is 27.5 Å². The fourth-order valence-corrected chi connectivity index (χ4v) is 2.01. The van der Waals surface area contributed by atoms with Crippen molar-refractivity contribution in [1.29, 1.82) is 5.26 Å². The van der Waals surface area contributed by atoms with Gasteiger partial charge >= 0.3 is 0 Å². The van der Waals surface area contributed by atoms with Gasteiger partial charge in [0.05, 0.1) is 17.0 Å². The smallest absolute Gasteiger partial charge is 0.138 e. The molecule has 1 unspecified atom stereocenters. The van der Waals surface area contributed by atoms with E-state index in [0.29, 0.717) is 26.7 Å². The summed E-state index contributed by atoms with van der Waals surface area (Å²) in [5, 5.41) is 19.2. The Hall–Kier alpha value is -1.48. The molecular weight excluding hydrogens is 318 g/mol. The molecule has 0 aliphatic heterocycles. The van der Waals surface area contributed by atoms with E-state index in [1.165, 1.54) is 0 Å². The second-order valence-corrected chi connectivity index (χ2v) is 4.61. The van der Waals surface area contributed by atoms with Gasteiger partial charge in [-0.15, -0.1) is 0 Å². The standard InChI is InChI=1S/C12H7BrClN3O/c13-12-7(6-15)4-5-9(17-12)11(18)8-2-1-3-10(14)16-8/h1-5,11,18H. The lowest BCUT2D eigenvalue weighted by molar-refractivity contribution is 0.210. The van der Waals surface area contributed by atoms with Gasteiger partial charge in [-0.1, -0.05) is 17.7 Å². The molecule has 2 aromatic rings. The molecule has 1 N–H and O–H groups in total. The number of rotatable bonds is 2. The molecule has 0 bridgehead atoms. The molecule has 90 valence electrons. The van der Waals surface area contributed by atoms with E-state index in [-0.39, 0.29) is 0 Å². The highest BCUT2D eigenvalue weighted by Gasteiger charge is 2.15. The first-order chi connectivity index (χ1) is 8.61. The summed E-state index contributed by atoms with van der Waals surface area (Å²) in [7, 11) is 0. The summed E-state index contributed by atoms with van der Waals surface area (Å²) >= 11 is 8.93. The molecule has 0 saturated heterocycles. The number of hydrogen-bond donors (Lipinski definition) is 1. The van der Waals surface area contributed by atoms with E-state index in [1.807, 2.05) is 6.07 Å².